The van der Waals surface area contributed by atoms with Gasteiger partial charge >= 0.3 is 0 Å². The highest BCUT2D eigenvalue weighted by Gasteiger charge is 2.09. The number of carbonyl (C=O) groups is 1. The molecule has 0 unspecified atom stereocenters. The van der Waals surface area contributed by atoms with Gasteiger partial charge in [-0.25, -0.2) is 0 Å². The molecule has 0 radical (unpaired) electrons. The predicted molar refractivity (Wildman–Crippen MR) is 103 cm³/mol. The maximum atomic E-state index is 12.5. The summed E-state index contributed by atoms with van der Waals surface area (Å²) in [5, 5.41) is 2.95. The quantitative estimate of drug-likeness (QED) is 0.728. The molecule has 3 aromatic carbocycles. The molecule has 0 heterocycles. The Kier molecular flexibility index (Phi) is 5.69. The predicted octanol–water partition coefficient (Wildman–Crippen LogP) is 4.03. The van der Waals surface area contributed by atoms with Crippen LogP contribution < -0.4 is 10.1 Å². The number of methoxy groups -OCH3 is 1. The zero-order valence-corrected chi connectivity index (χ0v) is 14.5. The van der Waals surface area contributed by atoms with Gasteiger partial charge in [0.25, 0.3) is 5.91 Å². The molecule has 0 aliphatic heterocycles. The van der Waals surface area contributed by atoms with Gasteiger partial charge in [-0.15, -0.1) is 0 Å². The summed E-state index contributed by atoms with van der Waals surface area (Å²) in [6.45, 7) is 0.486. The highest BCUT2D eigenvalue weighted by Crippen LogP contribution is 2.12. The van der Waals surface area contributed by atoms with Crippen molar-refractivity contribution in [2.45, 2.75) is 6.54 Å². The molecule has 0 aromatic heterocycles. The fraction of sp³-hybridized carbons (Fsp3) is 0.0870. The molecule has 3 heteroatoms. The van der Waals surface area contributed by atoms with Crippen LogP contribution in [0, 0.1) is 11.8 Å². The summed E-state index contributed by atoms with van der Waals surface area (Å²) in [7, 11) is 1.63. The summed E-state index contributed by atoms with van der Waals surface area (Å²) in [4.78, 5) is 12.5. The van der Waals surface area contributed by atoms with Crippen LogP contribution in [0.25, 0.3) is 0 Å². The summed E-state index contributed by atoms with van der Waals surface area (Å²) in [6.07, 6.45) is 0. The number of rotatable bonds is 4. The number of benzene rings is 3. The van der Waals surface area contributed by atoms with E-state index in [4.69, 9.17) is 4.74 Å². The van der Waals surface area contributed by atoms with Crippen LogP contribution in [0.4, 0.5) is 0 Å². The van der Waals surface area contributed by atoms with Crippen molar-refractivity contribution in [3.05, 3.63) is 101 Å². The van der Waals surface area contributed by atoms with E-state index in [0.29, 0.717) is 17.7 Å². The first-order chi connectivity index (χ1) is 12.8. The molecule has 0 saturated carbocycles. The Hall–Kier alpha value is -3.51. The standard InChI is InChI=1S/C23H19NO2/c1-26-21-15-12-18(13-16-21)11-14-20-9-5-6-10-22(20)23(25)24-17-19-7-3-2-4-8-19/h2-10,12-13,15-16H,17H2,1H3,(H,24,25). The molecule has 128 valence electrons. The smallest absolute Gasteiger partial charge is 0.252 e. The fourth-order valence-electron chi connectivity index (χ4n) is 2.48. The van der Waals surface area contributed by atoms with Gasteiger partial charge in [-0.05, 0) is 42.0 Å². The molecular weight excluding hydrogens is 322 g/mol. The molecule has 1 amide bonds. The third kappa shape index (κ3) is 4.52. The van der Waals surface area contributed by atoms with Crippen molar-refractivity contribution in [1.82, 2.24) is 5.32 Å². The minimum atomic E-state index is -0.131. The van der Waals surface area contributed by atoms with E-state index < -0.39 is 0 Å². The Morgan fingerprint density at radius 2 is 1.58 bits per heavy atom. The number of ether oxygens (including phenoxy) is 1. The van der Waals surface area contributed by atoms with Crippen LogP contribution in [-0.4, -0.2) is 13.0 Å². The van der Waals surface area contributed by atoms with Crippen LogP contribution >= 0.6 is 0 Å². The SMILES string of the molecule is COc1ccc(C#Cc2ccccc2C(=O)NCc2ccccc2)cc1. The van der Waals surface area contributed by atoms with Crippen LogP contribution in [-0.2, 0) is 6.54 Å². The molecule has 0 fully saturated rings. The van der Waals surface area contributed by atoms with E-state index in [1.165, 1.54) is 0 Å². The van der Waals surface area contributed by atoms with Crippen molar-refractivity contribution in [2.75, 3.05) is 7.11 Å². The average molecular weight is 341 g/mol. The number of carbonyl (C=O) groups excluding carboxylic acids is 1. The van der Waals surface area contributed by atoms with Crippen molar-refractivity contribution in [2.24, 2.45) is 0 Å². The Morgan fingerprint density at radius 3 is 2.31 bits per heavy atom. The van der Waals surface area contributed by atoms with Crippen LogP contribution in [0.1, 0.15) is 27.0 Å². The molecule has 3 aromatic rings. The third-order valence-corrected chi connectivity index (χ3v) is 3.90. The lowest BCUT2D eigenvalue weighted by Gasteiger charge is -2.07. The normalized spacial score (nSPS) is 9.73. The topological polar surface area (TPSA) is 38.3 Å². The molecule has 1 N–H and O–H groups in total. The Bertz CT molecular complexity index is 935. The first-order valence-corrected chi connectivity index (χ1v) is 8.33. The van der Waals surface area contributed by atoms with E-state index in [-0.39, 0.29) is 5.91 Å². The number of hydrogen-bond acceptors (Lipinski definition) is 2. The Labute approximate surface area is 153 Å². The second kappa shape index (κ2) is 8.55. The van der Waals surface area contributed by atoms with E-state index in [1.807, 2.05) is 72.8 Å². The molecule has 3 nitrogen and oxygen atoms in total. The number of nitrogens with one attached hydrogen (secondary N) is 1. The van der Waals surface area contributed by atoms with Crippen LogP contribution in [0.2, 0.25) is 0 Å². The molecule has 3 rings (SSSR count). The van der Waals surface area contributed by atoms with Gasteiger partial charge in [0.1, 0.15) is 5.75 Å². The van der Waals surface area contributed by atoms with Gasteiger partial charge in [-0.1, -0.05) is 54.3 Å². The molecule has 26 heavy (non-hydrogen) atoms. The van der Waals surface area contributed by atoms with E-state index in [1.54, 1.807) is 13.2 Å². The van der Waals surface area contributed by atoms with Crippen molar-refractivity contribution in [3.63, 3.8) is 0 Å². The Morgan fingerprint density at radius 1 is 0.885 bits per heavy atom. The summed E-state index contributed by atoms with van der Waals surface area (Å²) in [6, 6.07) is 24.7. The molecule has 0 saturated heterocycles. The van der Waals surface area contributed by atoms with Gasteiger partial charge in [0.05, 0.1) is 12.7 Å². The molecule has 0 aliphatic carbocycles. The lowest BCUT2D eigenvalue weighted by Crippen LogP contribution is -2.23. The van der Waals surface area contributed by atoms with E-state index in [9.17, 15) is 4.79 Å². The van der Waals surface area contributed by atoms with E-state index in [0.717, 1.165) is 16.9 Å². The second-order valence-electron chi connectivity index (χ2n) is 5.69. The molecule has 0 bridgehead atoms. The zero-order chi connectivity index (χ0) is 18.2. The van der Waals surface area contributed by atoms with Gasteiger partial charge in [0, 0.05) is 17.7 Å². The molecule has 0 spiro atoms. The number of hydrogen-bond donors (Lipinski definition) is 1. The van der Waals surface area contributed by atoms with Gasteiger partial charge < -0.3 is 10.1 Å². The minimum Gasteiger partial charge on any atom is -0.497 e. The maximum absolute atomic E-state index is 12.5. The lowest BCUT2D eigenvalue weighted by atomic mass is 10.1. The van der Waals surface area contributed by atoms with Crippen LogP contribution in [0.3, 0.4) is 0 Å². The first-order valence-electron chi connectivity index (χ1n) is 8.33. The second-order valence-corrected chi connectivity index (χ2v) is 5.69. The minimum absolute atomic E-state index is 0.131. The van der Waals surface area contributed by atoms with E-state index in [2.05, 4.69) is 17.2 Å². The van der Waals surface area contributed by atoms with Crippen molar-refractivity contribution in [1.29, 1.82) is 0 Å². The fourth-order valence-corrected chi connectivity index (χ4v) is 2.48. The number of amides is 1. The average Bonchev–Trinajstić information content (AvgIpc) is 2.72. The van der Waals surface area contributed by atoms with Gasteiger partial charge in [0.2, 0.25) is 0 Å². The monoisotopic (exact) mass is 341 g/mol. The summed E-state index contributed by atoms with van der Waals surface area (Å²) in [5.74, 6) is 6.85. The largest absolute Gasteiger partial charge is 0.497 e. The highest BCUT2D eigenvalue weighted by atomic mass is 16.5. The van der Waals surface area contributed by atoms with Crippen molar-refractivity contribution < 1.29 is 9.53 Å². The van der Waals surface area contributed by atoms with Crippen molar-refractivity contribution in [3.8, 4) is 17.6 Å². The summed E-state index contributed by atoms with van der Waals surface area (Å²) >= 11 is 0. The third-order valence-electron chi connectivity index (χ3n) is 3.90. The van der Waals surface area contributed by atoms with Crippen LogP contribution in [0.5, 0.6) is 5.75 Å². The molecule has 0 aliphatic rings. The van der Waals surface area contributed by atoms with Crippen molar-refractivity contribution >= 4 is 5.91 Å². The maximum Gasteiger partial charge on any atom is 0.252 e. The Balaban J connectivity index is 1.75. The van der Waals surface area contributed by atoms with Crippen LogP contribution in [0.15, 0.2) is 78.9 Å². The first kappa shape index (κ1) is 17.3. The molecular formula is C23H19NO2. The molecule has 0 atom stereocenters. The zero-order valence-electron chi connectivity index (χ0n) is 14.5. The van der Waals surface area contributed by atoms with E-state index >= 15 is 0 Å². The van der Waals surface area contributed by atoms with Gasteiger partial charge in [-0.2, -0.15) is 0 Å². The summed E-state index contributed by atoms with van der Waals surface area (Å²) in [5.41, 5.74) is 3.20. The van der Waals surface area contributed by atoms with Gasteiger partial charge in [-0.3, -0.25) is 4.79 Å². The lowest BCUT2D eigenvalue weighted by molar-refractivity contribution is 0.0950. The summed E-state index contributed by atoms with van der Waals surface area (Å²) < 4.78 is 5.14. The highest BCUT2D eigenvalue weighted by molar-refractivity contribution is 5.96. The van der Waals surface area contributed by atoms with Gasteiger partial charge in [0.15, 0.2) is 0 Å².